The fraction of sp³-hybridized carbons (Fsp3) is 0.263. The van der Waals surface area contributed by atoms with Gasteiger partial charge < -0.3 is 10.6 Å². The van der Waals surface area contributed by atoms with Crippen LogP contribution in [0.15, 0.2) is 48.1 Å². The van der Waals surface area contributed by atoms with Crippen molar-refractivity contribution in [2.45, 2.75) is 13.0 Å². The number of halogens is 1. The van der Waals surface area contributed by atoms with Gasteiger partial charge >= 0.3 is 0 Å². The Kier molecular flexibility index (Phi) is 4.91. The molecule has 1 aromatic carbocycles. The van der Waals surface area contributed by atoms with Crippen molar-refractivity contribution in [2.24, 2.45) is 5.41 Å². The maximum absolute atomic E-state index is 14.0. The van der Waals surface area contributed by atoms with Gasteiger partial charge in [-0.05, 0) is 24.1 Å². The maximum atomic E-state index is 14.0. The summed E-state index contributed by atoms with van der Waals surface area (Å²) in [5, 5.41) is 8.68. The van der Waals surface area contributed by atoms with Crippen LogP contribution in [0.3, 0.4) is 0 Å². The molecule has 8 heteroatoms. The number of thiazole rings is 1. The highest BCUT2D eigenvalue weighted by Gasteiger charge is 2.44. The lowest BCUT2D eigenvalue weighted by Crippen LogP contribution is -2.62. The number of nitrogens with zero attached hydrogens (tertiary/aromatic N) is 3. The van der Waals surface area contributed by atoms with Gasteiger partial charge in [0.25, 0.3) is 0 Å². The monoisotopic (exact) mass is 383 g/mol. The van der Waals surface area contributed by atoms with Crippen molar-refractivity contribution in [3.63, 3.8) is 0 Å². The number of carbonyl (C=O) groups is 1. The van der Waals surface area contributed by atoms with E-state index in [1.54, 1.807) is 36.7 Å². The quantitative estimate of drug-likeness (QED) is 0.682. The normalized spacial score (nSPS) is 15.1. The van der Waals surface area contributed by atoms with Crippen molar-refractivity contribution in [1.82, 2.24) is 25.6 Å². The van der Waals surface area contributed by atoms with Crippen molar-refractivity contribution in [3.05, 3.63) is 65.2 Å². The number of hydrogen-bond donors (Lipinski definition) is 2. The molecule has 1 saturated heterocycles. The zero-order chi connectivity index (χ0) is 18.7. The molecule has 0 saturated carbocycles. The molecular formula is C19H18FN5OS. The minimum Gasteiger partial charge on any atom is -0.350 e. The van der Waals surface area contributed by atoms with E-state index in [-0.39, 0.29) is 11.7 Å². The lowest BCUT2D eigenvalue weighted by molar-refractivity contribution is -0.134. The summed E-state index contributed by atoms with van der Waals surface area (Å²) in [7, 11) is 0. The molecule has 0 atom stereocenters. The van der Waals surface area contributed by atoms with E-state index in [0.717, 1.165) is 5.69 Å². The standard InChI is InChI=1S/C19H18FN5OS/c20-15-5-2-1-4-13(15)8-19(11-21-12-19)18(26)24-9-14-10-27-17(25-14)16-22-6-3-7-23-16/h1-7,10,21H,8-9,11-12H2,(H,24,26). The fourth-order valence-electron chi connectivity index (χ4n) is 3.06. The molecule has 3 aromatic rings. The van der Waals surface area contributed by atoms with Crippen LogP contribution in [0.4, 0.5) is 4.39 Å². The van der Waals surface area contributed by atoms with Crippen molar-refractivity contribution >= 4 is 17.2 Å². The third-order valence-corrected chi connectivity index (χ3v) is 5.52. The Bertz CT molecular complexity index is 942. The Balaban J connectivity index is 1.41. The second-order valence-corrected chi connectivity index (χ2v) is 7.41. The molecule has 0 bridgehead atoms. The lowest BCUT2D eigenvalue weighted by Gasteiger charge is -2.41. The summed E-state index contributed by atoms with van der Waals surface area (Å²) in [6.45, 7) is 1.39. The molecule has 1 aliphatic rings. The van der Waals surface area contributed by atoms with Gasteiger partial charge in [0, 0.05) is 30.9 Å². The smallest absolute Gasteiger partial charge is 0.229 e. The molecule has 1 amide bonds. The predicted octanol–water partition coefficient (Wildman–Crippen LogP) is 2.19. The van der Waals surface area contributed by atoms with Crippen LogP contribution in [0.25, 0.3) is 10.8 Å². The van der Waals surface area contributed by atoms with Crippen molar-refractivity contribution < 1.29 is 9.18 Å². The highest BCUT2D eigenvalue weighted by Crippen LogP contribution is 2.29. The second-order valence-electron chi connectivity index (χ2n) is 6.55. The van der Waals surface area contributed by atoms with E-state index in [9.17, 15) is 9.18 Å². The van der Waals surface area contributed by atoms with Gasteiger partial charge in [-0.15, -0.1) is 11.3 Å². The van der Waals surface area contributed by atoms with Gasteiger partial charge in [0.15, 0.2) is 10.8 Å². The Labute approximate surface area is 159 Å². The summed E-state index contributed by atoms with van der Waals surface area (Å²) < 4.78 is 14.0. The molecular weight excluding hydrogens is 365 g/mol. The zero-order valence-electron chi connectivity index (χ0n) is 14.5. The Morgan fingerprint density at radius 3 is 2.70 bits per heavy atom. The van der Waals surface area contributed by atoms with Crippen molar-refractivity contribution in [2.75, 3.05) is 13.1 Å². The first kappa shape index (κ1) is 17.7. The van der Waals surface area contributed by atoms with E-state index in [1.807, 2.05) is 5.38 Å². The average Bonchev–Trinajstić information content (AvgIpc) is 3.14. The van der Waals surface area contributed by atoms with Crippen LogP contribution in [0.2, 0.25) is 0 Å². The van der Waals surface area contributed by atoms with E-state index in [2.05, 4.69) is 25.6 Å². The Morgan fingerprint density at radius 2 is 2.00 bits per heavy atom. The first-order chi connectivity index (χ1) is 13.2. The molecule has 138 valence electrons. The van der Waals surface area contributed by atoms with Crippen LogP contribution >= 0.6 is 11.3 Å². The van der Waals surface area contributed by atoms with Gasteiger partial charge in [-0.3, -0.25) is 4.79 Å². The first-order valence-corrected chi connectivity index (χ1v) is 9.48. The molecule has 2 aromatic heterocycles. The van der Waals surface area contributed by atoms with Crippen molar-refractivity contribution in [1.29, 1.82) is 0 Å². The number of rotatable bonds is 6. The van der Waals surface area contributed by atoms with Gasteiger partial charge in [0.05, 0.1) is 17.7 Å². The summed E-state index contributed by atoms with van der Waals surface area (Å²) in [4.78, 5) is 25.6. The number of aromatic nitrogens is 3. The van der Waals surface area contributed by atoms with Crippen LogP contribution in [0.5, 0.6) is 0 Å². The molecule has 0 radical (unpaired) electrons. The number of nitrogens with one attached hydrogen (secondary N) is 2. The number of carbonyl (C=O) groups excluding carboxylic acids is 1. The summed E-state index contributed by atoms with van der Waals surface area (Å²) in [6.07, 6.45) is 3.71. The maximum Gasteiger partial charge on any atom is 0.229 e. The fourth-order valence-corrected chi connectivity index (χ4v) is 3.82. The van der Waals surface area contributed by atoms with Crippen LogP contribution in [0, 0.1) is 11.2 Å². The summed E-state index contributed by atoms with van der Waals surface area (Å²) in [5.74, 6) is 0.206. The molecule has 3 heterocycles. The van der Waals surface area contributed by atoms with E-state index in [4.69, 9.17) is 0 Å². The molecule has 6 nitrogen and oxygen atoms in total. The molecule has 27 heavy (non-hydrogen) atoms. The zero-order valence-corrected chi connectivity index (χ0v) is 15.3. The summed E-state index contributed by atoms with van der Waals surface area (Å²) >= 11 is 1.44. The van der Waals surface area contributed by atoms with Gasteiger partial charge in [0.2, 0.25) is 5.91 Å². The van der Waals surface area contributed by atoms with Gasteiger partial charge in [-0.1, -0.05) is 18.2 Å². The third kappa shape index (κ3) is 3.72. The Hall–Kier alpha value is -2.71. The van der Waals surface area contributed by atoms with Crippen molar-refractivity contribution in [3.8, 4) is 10.8 Å². The van der Waals surface area contributed by atoms with Crippen LogP contribution in [-0.2, 0) is 17.8 Å². The molecule has 4 rings (SSSR count). The third-order valence-electron chi connectivity index (χ3n) is 4.63. The predicted molar refractivity (Wildman–Crippen MR) is 100 cm³/mol. The largest absolute Gasteiger partial charge is 0.350 e. The molecule has 0 spiro atoms. The van der Waals surface area contributed by atoms with E-state index in [0.29, 0.717) is 42.5 Å². The summed E-state index contributed by atoms with van der Waals surface area (Å²) in [5.41, 5.74) is 0.694. The molecule has 2 N–H and O–H groups in total. The van der Waals surface area contributed by atoms with E-state index >= 15 is 0 Å². The average molecular weight is 383 g/mol. The molecule has 0 aliphatic carbocycles. The highest BCUT2D eigenvalue weighted by atomic mass is 32.1. The molecule has 1 aliphatic heterocycles. The van der Waals surface area contributed by atoms with Crippen LogP contribution in [-0.4, -0.2) is 33.9 Å². The van der Waals surface area contributed by atoms with Gasteiger partial charge in [-0.2, -0.15) is 0 Å². The first-order valence-electron chi connectivity index (χ1n) is 8.60. The topological polar surface area (TPSA) is 79.8 Å². The van der Waals surface area contributed by atoms with Crippen LogP contribution < -0.4 is 10.6 Å². The number of benzene rings is 1. The van der Waals surface area contributed by atoms with Crippen LogP contribution in [0.1, 0.15) is 11.3 Å². The van der Waals surface area contributed by atoms with E-state index < -0.39 is 5.41 Å². The minimum atomic E-state index is -0.621. The van der Waals surface area contributed by atoms with Gasteiger partial charge in [-0.25, -0.2) is 19.3 Å². The SMILES string of the molecule is O=C(NCc1csc(-c2ncccn2)n1)C1(Cc2ccccc2F)CNC1. The molecule has 1 fully saturated rings. The Morgan fingerprint density at radius 1 is 1.22 bits per heavy atom. The second kappa shape index (κ2) is 7.50. The van der Waals surface area contributed by atoms with Gasteiger partial charge in [0.1, 0.15) is 5.82 Å². The highest BCUT2D eigenvalue weighted by molar-refractivity contribution is 7.13. The summed E-state index contributed by atoms with van der Waals surface area (Å²) in [6, 6.07) is 8.35. The van der Waals surface area contributed by atoms with E-state index in [1.165, 1.54) is 17.4 Å². The lowest BCUT2D eigenvalue weighted by atomic mass is 9.75. The number of hydrogen-bond acceptors (Lipinski definition) is 6. The minimum absolute atomic E-state index is 0.0879. The number of amides is 1. The molecule has 0 unspecified atom stereocenters.